The van der Waals surface area contributed by atoms with Crippen molar-refractivity contribution >= 4 is 22.9 Å². The number of nitrogens with zero attached hydrogens (tertiary/aromatic N) is 3. The summed E-state index contributed by atoms with van der Waals surface area (Å²) in [4.78, 5) is 5.98. The van der Waals surface area contributed by atoms with E-state index in [4.69, 9.17) is 0 Å². The van der Waals surface area contributed by atoms with Gasteiger partial charge >= 0.3 is 0 Å². The first-order valence-electron chi connectivity index (χ1n) is 5.17. The number of aromatic nitrogens is 3. The van der Waals surface area contributed by atoms with Crippen LogP contribution in [0.25, 0.3) is 0 Å². The van der Waals surface area contributed by atoms with Crippen LogP contribution in [0.3, 0.4) is 0 Å². The van der Waals surface area contributed by atoms with E-state index in [0.29, 0.717) is 6.42 Å². The van der Waals surface area contributed by atoms with Gasteiger partial charge in [0.2, 0.25) is 0 Å². The minimum Gasteiger partial charge on any atom is -0.387 e. The largest absolute Gasteiger partial charge is 0.387 e. The van der Waals surface area contributed by atoms with Crippen molar-refractivity contribution in [3.63, 3.8) is 0 Å². The third-order valence-corrected chi connectivity index (χ3v) is 3.92. The van der Waals surface area contributed by atoms with Crippen molar-refractivity contribution in [2.24, 2.45) is 0 Å². The smallest absolute Gasteiger partial charge is 0.0965 e. The summed E-state index contributed by atoms with van der Waals surface area (Å²) in [6.45, 7) is 2.10. The monoisotopic (exact) mass is 255 g/mol. The first kappa shape index (κ1) is 11.6. The molecule has 0 saturated carbocycles. The van der Waals surface area contributed by atoms with Crippen molar-refractivity contribution in [2.45, 2.75) is 32.3 Å². The fraction of sp³-hybridized carbons (Fsp3) is 0.500. The van der Waals surface area contributed by atoms with E-state index >= 15 is 0 Å². The van der Waals surface area contributed by atoms with Crippen LogP contribution in [-0.4, -0.2) is 19.7 Å². The second-order valence-corrected chi connectivity index (χ2v) is 5.28. The molecule has 0 spiro atoms. The number of hydrogen-bond acceptors (Lipinski definition) is 6. The molecule has 0 aliphatic heterocycles. The molecule has 2 aromatic rings. The molecule has 6 heteroatoms. The molecule has 4 nitrogen and oxygen atoms in total. The van der Waals surface area contributed by atoms with Crippen molar-refractivity contribution in [3.05, 3.63) is 27.2 Å². The van der Waals surface area contributed by atoms with Gasteiger partial charge in [-0.3, -0.25) is 4.98 Å². The average molecular weight is 255 g/mol. The van der Waals surface area contributed by atoms with Gasteiger partial charge in [0.1, 0.15) is 0 Å². The van der Waals surface area contributed by atoms with E-state index in [1.54, 1.807) is 23.0 Å². The van der Waals surface area contributed by atoms with Gasteiger partial charge in [-0.1, -0.05) is 17.8 Å². The number of aryl methyl sites for hydroxylation is 1. The van der Waals surface area contributed by atoms with Gasteiger partial charge in [-0.25, -0.2) is 0 Å². The van der Waals surface area contributed by atoms with E-state index in [-0.39, 0.29) is 0 Å². The van der Waals surface area contributed by atoms with Crippen molar-refractivity contribution in [1.29, 1.82) is 0 Å². The van der Waals surface area contributed by atoms with Crippen LogP contribution in [-0.2, 0) is 12.8 Å². The van der Waals surface area contributed by atoms with Crippen LogP contribution in [0.5, 0.6) is 0 Å². The summed E-state index contributed by atoms with van der Waals surface area (Å²) >= 11 is 2.85. The second-order valence-electron chi connectivity index (χ2n) is 3.52. The predicted molar refractivity (Wildman–Crippen MR) is 64.7 cm³/mol. The SMILES string of the molecule is CCCc1nnsc1C(O)Cc1cncs1. The van der Waals surface area contributed by atoms with Gasteiger partial charge in [-0.15, -0.1) is 16.4 Å². The molecule has 0 bridgehead atoms. The Labute approximate surface area is 102 Å². The van der Waals surface area contributed by atoms with Gasteiger partial charge in [0, 0.05) is 17.5 Å². The molecule has 1 unspecified atom stereocenters. The standard InChI is InChI=1S/C10H13N3OS2/c1-2-3-8-10(16-13-12-8)9(14)4-7-5-11-6-15-7/h5-6,9,14H,2-4H2,1H3. The van der Waals surface area contributed by atoms with E-state index in [0.717, 1.165) is 28.3 Å². The minimum atomic E-state index is -0.498. The molecule has 0 aromatic carbocycles. The third kappa shape index (κ3) is 2.63. The summed E-state index contributed by atoms with van der Waals surface area (Å²) in [7, 11) is 0. The number of aliphatic hydroxyl groups excluding tert-OH is 1. The first-order valence-corrected chi connectivity index (χ1v) is 6.83. The Morgan fingerprint density at radius 1 is 1.50 bits per heavy atom. The van der Waals surface area contributed by atoms with Crippen LogP contribution in [0.2, 0.25) is 0 Å². The van der Waals surface area contributed by atoms with Crippen LogP contribution in [0, 0.1) is 0 Å². The summed E-state index contributed by atoms with van der Waals surface area (Å²) in [5.74, 6) is 0. The lowest BCUT2D eigenvalue weighted by molar-refractivity contribution is 0.182. The van der Waals surface area contributed by atoms with Crippen molar-refractivity contribution in [3.8, 4) is 0 Å². The highest BCUT2D eigenvalue weighted by Crippen LogP contribution is 2.25. The maximum atomic E-state index is 10.1. The molecule has 2 aromatic heterocycles. The van der Waals surface area contributed by atoms with Gasteiger partial charge in [0.05, 0.1) is 22.2 Å². The number of thiazole rings is 1. The zero-order chi connectivity index (χ0) is 11.4. The van der Waals surface area contributed by atoms with Crippen LogP contribution in [0.15, 0.2) is 11.7 Å². The van der Waals surface area contributed by atoms with Crippen LogP contribution < -0.4 is 0 Å². The molecule has 0 aliphatic carbocycles. The number of aliphatic hydroxyl groups is 1. The van der Waals surface area contributed by atoms with Crippen molar-refractivity contribution in [2.75, 3.05) is 0 Å². The zero-order valence-electron chi connectivity index (χ0n) is 8.96. The molecule has 16 heavy (non-hydrogen) atoms. The Morgan fingerprint density at radius 2 is 2.38 bits per heavy atom. The van der Waals surface area contributed by atoms with Gasteiger partial charge in [0.25, 0.3) is 0 Å². The van der Waals surface area contributed by atoms with Gasteiger partial charge in [-0.05, 0) is 18.0 Å². The third-order valence-electron chi connectivity index (χ3n) is 2.25. The average Bonchev–Trinajstić information content (AvgIpc) is 2.89. The minimum absolute atomic E-state index is 0.498. The maximum Gasteiger partial charge on any atom is 0.0965 e. The molecule has 0 fully saturated rings. The normalized spacial score (nSPS) is 12.9. The van der Waals surface area contributed by atoms with E-state index in [2.05, 4.69) is 21.5 Å². The van der Waals surface area contributed by atoms with Crippen molar-refractivity contribution < 1.29 is 5.11 Å². The number of rotatable bonds is 5. The molecule has 0 aliphatic rings. The molecule has 0 amide bonds. The van der Waals surface area contributed by atoms with E-state index < -0.39 is 6.10 Å². The summed E-state index contributed by atoms with van der Waals surface area (Å²) in [6.07, 6.45) is 3.80. The maximum absolute atomic E-state index is 10.1. The Balaban J connectivity index is 2.08. The van der Waals surface area contributed by atoms with E-state index in [1.807, 2.05) is 0 Å². The van der Waals surface area contributed by atoms with Gasteiger partial charge in [0.15, 0.2) is 0 Å². The molecule has 2 heterocycles. The fourth-order valence-corrected chi connectivity index (χ4v) is 2.82. The lowest BCUT2D eigenvalue weighted by Gasteiger charge is -2.07. The predicted octanol–water partition coefficient (Wildman–Crippen LogP) is 2.22. The fourth-order valence-electron chi connectivity index (χ4n) is 1.51. The van der Waals surface area contributed by atoms with E-state index in [1.165, 1.54) is 11.5 Å². The highest BCUT2D eigenvalue weighted by Gasteiger charge is 2.17. The second kappa shape index (κ2) is 5.47. The summed E-state index contributed by atoms with van der Waals surface area (Å²) < 4.78 is 3.91. The van der Waals surface area contributed by atoms with Crippen LogP contribution in [0.4, 0.5) is 0 Å². The molecule has 1 N–H and O–H groups in total. The molecule has 0 saturated heterocycles. The molecule has 86 valence electrons. The Morgan fingerprint density at radius 3 is 3.06 bits per heavy atom. The highest BCUT2D eigenvalue weighted by molar-refractivity contribution is 7.09. The van der Waals surface area contributed by atoms with Gasteiger partial charge < -0.3 is 5.11 Å². The summed E-state index contributed by atoms with van der Waals surface area (Å²) in [6, 6.07) is 0. The topological polar surface area (TPSA) is 58.9 Å². The molecule has 1 atom stereocenters. The molecular formula is C10H13N3OS2. The lowest BCUT2D eigenvalue weighted by atomic mass is 10.1. The Kier molecular flexibility index (Phi) is 3.98. The highest BCUT2D eigenvalue weighted by atomic mass is 32.1. The molecular weight excluding hydrogens is 242 g/mol. The van der Waals surface area contributed by atoms with Crippen molar-refractivity contribution in [1.82, 2.24) is 14.6 Å². The zero-order valence-corrected chi connectivity index (χ0v) is 10.6. The molecule has 0 radical (unpaired) electrons. The number of hydrogen-bond donors (Lipinski definition) is 1. The summed E-state index contributed by atoms with van der Waals surface area (Å²) in [5.41, 5.74) is 2.71. The van der Waals surface area contributed by atoms with Gasteiger partial charge in [-0.2, -0.15) is 0 Å². The van der Waals surface area contributed by atoms with Crippen LogP contribution >= 0.6 is 22.9 Å². The lowest BCUT2D eigenvalue weighted by Crippen LogP contribution is -2.02. The van der Waals surface area contributed by atoms with E-state index in [9.17, 15) is 5.11 Å². The quantitative estimate of drug-likeness (QED) is 0.890. The molecule has 2 rings (SSSR count). The Hall–Kier alpha value is -0.850. The van der Waals surface area contributed by atoms with Crippen LogP contribution in [0.1, 0.15) is 34.9 Å². The Bertz CT molecular complexity index is 427. The summed E-state index contributed by atoms with van der Waals surface area (Å²) in [5, 5.41) is 14.2. The first-order chi connectivity index (χ1) is 7.81.